The van der Waals surface area contributed by atoms with Crippen molar-refractivity contribution in [3.05, 3.63) is 29.3 Å². The molecule has 27 heavy (non-hydrogen) atoms. The summed E-state index contributed by atoms with van der Waals surface area (Å²) in [5.41, 5.74) is 1.21. The highest BCUT2D eigenvalue weighted by atomic mass is 127. The zero-order valence-corrected chi connectivity index (χ0v) is 20.0. The highest BCUT2D eigenvalue weighted by molar-refractivity contribution is 14.0. The standard InChI is InChI=1S/C20H34ClN5.HI/c1-4-24(5-2)12-7-6-11-23-20(22-3)26-15-13-25(14-16-26)19-10-8-9-18(21)17-19;/h8-10,17H,4-7,11-16H2,1-3H3,(H,22,23);1H. The molecule has 0 radical (unpaired) electrons. The van der Waals surface area contributed by atoms with Gasteiger partial charge in [-0.05, 0) is 50.7 Å². The summed E-state index contributed by atoms with van der Waals surface area (Å²) in [6.07, 6.45) is 2.41. The molecule has 1 aromatic rings. The van der Waals surface area contributed by atoms with Crippen molar-refractivity contribution in [1.82, 2.24) is 15.1 Å². The molecular formula is C20H35ClIN5. The molecule has 1 aromatic carbocycles. The monoisotopic (exact) mass is 507 g/mol. The number of aliphatic imine (C=N–C) groups is 1. The molecule has 5 nitrogen and oxygen atoms in total. The van der Waals surface area contributed by atoms with Gasteiger partial charge in [-0.3, -0.25) is 4.99 Å². The topological polar surface area (TPSA) is 34.1 Å². The summed E-state index contributed by atoms with van der Waals surface area (Å²) in [5.74, 6) is 1.03. The molecule has 1 saturated heterocycles. The number of anilines is 1. The summed E-state index contributed by atoms with van der Waals surface area (Å²) >= 11 is 6.12. The van der Waals surface area contributed by atoms with Crippen molar-refractivity contribution in [2.75, 3.05) is 64.3 Å². The number of guanidine groups is 1. The molecule has 154 valence electrons. The van der Waals surface area contributed by atoms with Gasteiger partial charge in [0.2, 0.25) is 0 Å². The van der Waals surface area contributed by atoms with E-state index in [4.69, 9.17) is 11.6 Å². The Morgan fingerprint density at radius 2 is 1.85 bits per heavy atom. The number of unbranched alkanes of at least 4 members (excludes halogenated alkanes) is 1. The number of piperazine rings is 1. The largest absolute Gasteiger partial charge is 0.368 e. The van der Waals surface area contributed by atoms with Gasteiger partial charge in [-0.25, -0.2) is 0 Å². The van der Waals surface area contributed by atoms with Crippen LogP contribution in [0.1, 0.15) is 26.7 Å². The SMILES string of the molecule is CCN(CC)CCCCNC(=NC)N1CCN(c2cccc(Cl)c2)CC1.I. The van der Waals surface area contributed by atoms with Gasteiger partial charge in [-0.2, -0.15) is 0 Å². The van der Waals surface area contributed by atoms with Gasteiger partial charge in [0, 0.05) is 50.5 Å². The second-order valence-corrected chi connectivity index (χ2v) is 7.10. The fraction of sp³-hybridized carbons (Fsp3) is 0.650. The minimum absolute atomic E-state index is 0. The summed E-state index contributed by atoms with van der Waals surface area (Å²) in [5, 5.41) is 4.33. The van der Waals surface area contributed by atoms with Crippen LogP contribution < -0.4 is 10.2 Å². The first-order valence-electron chi connectivity index (χ1n) is 9.86. The Kier molecular flexibility index (Phi) is 12.1. The van der Waals surface area contributed by atoms with Crippen LogP contribution in [0.5, 0.6) is 0 Å². The molecule has 0 spiro atoms. The summed E-state index contributed by atoms with van der Waals surface area (Å²) in [4.78, 5) is 11.7. The van der Waals surface area contributed by atoms with Crippen molar-refractivity contribution < 1.29 is 0 Å². The normalized spacial score (nSPS) is 15.1. The number of nitrogens with zero attached hydrogens (tertiary/aromatic N) is 4. The Hall–Kier alpha value is -0.730. The Labute approximate surface area is 187 Å². The summed E-state index contributed by atoms with van der Waals surface area (Å²) < 4.78 is 0. The van der Waals surface area contributed by atoms with Crippen molar-refractivity contribution in [2.24, 2.45) is 4.99 Å². The predicted octanol–water partition coefficient (Wildman–Crippen LogP) is 3.78. The van der Waals surface area contributed by atoms with Crippen LogP contribution in [0.2, 0.25) is 5.02 Å². The van der Waals surface area contributed by atoms with E-state index in [1.165, 1.54) is 25.1 Å². The molecule has 1 aliphatic rings. The highest BCUT2D eigenvalue weighted by Crippen LogP contribution is 2.20. The van der Waals surface area contributed by atoms with Crippen LogP contribution in [0.15, 0.2) is 29.3 Å². The number of nitrogens with one attached hydrogen (secondary N) is 1. The van der Waals surface area contributed by atoms with E-state index in [0.717, 1.165) is 56.8 Å². The van der Waals surface area contributed by atoms with Crippen LogP contribution in [-0.4, -0.2) is 75.2 Å². The molecule has 0 saturated carbocycles. The fourth-order valence-corrected chi connectivity index (χ4v) is 3.57. The molecule has 2 rings (SSSR count). The van der Waals surface area contributed by atoms with Crippen molar-refractivity contribution in [2.45, 2.75) is 26.7 Å². The maximum Gasteiger partial charge on any atom is 0.193 e. The van der Waals surface area contributed by atoms with Crippen LogP contribution in [-0.2, 0) is 0 Å². The van der Waals surface area contributed by atoms with E-state index in [1.807, 2.05) is 25.2 Å². The fourth-order valence-electron chi connectivity index (χ4n) is 3.38. The molecular weight excluding hydrogens is 473 g/mol. The lowest BCUT2D eigenvalue weighted by Crippen LogP contribution is -2.52. The molecule has 0 bridgehead atoms. The van der Waals surface area contributed by atoms with Gasteiger partial charge >= 0.3 is 0 Å². The predicted molar refractivity (Wildman–Crippen MR) is 129 cm³/mol. The molecule has 0 aliphatic carbocycles. The first-order valence-corrected chi connectivity index (χ1v) is 10.2. The minimum atomic E-state index is 0. The first-order chi connectivity index (χ1) is 12.7. The third-order valence-electron chi connectivity index (χ3n) is 5.04. The van der Waals surface area contributed by atoms with E-state index < -0.39 is 0 Å². The van der Waals surface area contributed by atoms with Crippen molar-refractivity contribution in [3.63, 3.8) is 0 Å². The van der Waals surface area contributed by atoms with Crippen LogP contribution in [0, 0.1) is 0 Å². The lowest BCUT2D eigenvalue weighted by atomic mass is 10.2. The molecule has 1 N–H and O–H groups in total. The Bertz CT molecular complexity index is 557. The average molecular weight is 508 g/mol. The van der Waals surface area contributed by atoms with Crippen LogP contribution >= 0.6 is 35.6 Å². The summed E-state index contributed by atoms with van der Waals surface area (Å²) in [6, 6.07) is 8.11. The molecule has 0 unspecified atom stereocenters. The van der Waals surface area contributed by atoms with Crippen molar-refractivity contribution in [1.29, 1.82) is 0 Å². The highest BCUT2D eigenvalue weighted by Gasteiger charge is 2.19. The number of halogens is 2. The Balaban J connectivity index is 0.00000364. The number of rotatable bonds is 8. The maximum atomic E-state index is 6.12. The van der Waals surface area contributed by atoms with E-state index in [0.29, 0.717) is 0 Å². The van der Waals surface area contributed by atoms with E-state index >= 15 is 0 Å². The van der Waals surface area contributed by atoms with E-state index in [1.54, 1.807) is 0 Å². The van der Waals surface area contributed by atoms with E-state index in [9.17, 15) is 0 Å². The summed E-state index contributed by atoms with van der Waals surface area (Å²) in [6.45, 7) is 12.8. The van der Waals surface area contributed by atoms with Gasteiger partial charge in [0.1, 0.15) is 0 Å². The number of benzene rings is 1. The van der Waals surface area contributed by atoms with Crippen LogP contribution in [0.4, 0.5) is 5.69 Å². The molecule has 1 heterocycles. The molecule has 0 amide bonds. The van der Waals surface area contributed by atoms with Gasteiger partial charge < -0.3 is 20.0 Å². The van der Waals surface area contributed by atoms with Gasteiger partial charge in [0.05, 0.1) is 0 Å². The third-order valence-corrected chi connectivity index (χ3v) is 5.28. The number of hydrogen-bond donors (Lipinski definition) is 1. The van der Waals surface area contributed by atoms with Crippen LogP contribution in [0.3, 0.4) is 0 Å². The third kappa shape index (κ3) is 8.03. The van der Waals surface area contributed by atoms with Crippen molar-refractivity contribution >= 4 is 47.2 Å². The molecule has 1 fully saturated rings. The lowest BCUT2D eigenvalue weighted by molar-refractivity contribution is 0.296. The second-order valence-electron chi connectivity index (χ2n) is 6.66. The average Bonchev–Trinajstić information content (AvgIpc) is 2.68. The second kappa shape index (κ2) is 13.4. The first kappa shape index (κ1) is 24.3. The van der Waals surface area contributed by atoms with E-state index in [2.05, 4.69) is 44.9 Å². The Morgan fingerprint density at radius 3 is 2.44 bits per heavy atom. The Morgan fingerprint density at radius 1 is 1.15 bits per heavy atom. The molecule has 7 heteroatoms. The van der Waals surface area contributed by atoms with Gasteiger partial charge in [0.15, 0.2) is 5.96 Å². The van der Waals surface area contributed by atoms with E-state index in [-0.39, 0.29) is 24.0 Å². The zero-order chi connectivity index (χ0) is 18.8. The lowest BCUT2D eigenvalue weighted by Gasteiger charge is -2.37. The maximum absolute atomic E-state index is 6.12. The summed E-state index contributed by atoms with van der Waals surface area (Å²) in [7, 11) is 1.88. The smallest absolute Gasteiger partial charge is 0.193 e. The van der Waals surface area contributed by atoms with Gasteiger partial charge in [0.25, 0.3) is 0 Å². The van der Waals surface area contributed by atoms with Crippen LogP contribution in [0.25, 0.3) is 0 Å². The molecule has 1 aliphatic heterocycles. The quantitative estimate of drug-likeness (QED) is 0.251. The molecule has 0 aromatic heterocycles. The van der Waals surface area contributed by atoms with Gasteiger partial charge in [-0.1, -0.05) is 31.5 Å². The minimum Gasteiger partial charge on any atom is -0.368 e. The molecule has 0 atom stereocenters. The van der Waals surface area contributed by atoms with Crippen molar-refractivity contribution in [3.8, 4) is 0 Å². The zero-order valence-electron chi connectivity index (χ0n) is 17.0. The van der Waals surface area contributed by atoms with Gasteiger partial charge in [-0.15, -0.1) is 24.0 Å². The number of hydrogen-bond acceptors (Lipinski definition) is 3.